The van der Waals surface area contributed by atoms with Crippen molar-refractivity contribution in [1.29, 1.82) is 0 Å². The summed E-state index contributed by atoms with van der Waals surface area (Å²) in [6.07, 6.45) is 10.8. The van der Waals surface area contributed by atoms with E-state index in [0.29, 0.717) is 18.0 Å². The highest BCUT2D eigenvalue weighted by Crippen LogP contribution is 2.22. The Labute approximate surface area is 139 Å². The van der Waals surface area contributed by atoms with Gasteiger partial charge in [0.15, 0.2) is 0 Å². The van der Waals surface area contributed by atoms with Crippen molar-refractivity contribution >= 4 is 15.8 Å². The lowest BCUT2D eigenvalue weighted by atomic mass is 10.1. The standard InChI is InChI=1S/C17H27N3O2S/c21-23(22,20-13-7-4-8-14-20)16-9-10-17(18-15-16)19-11-5-2-1-3-6-12-19/h9-10,15H,1-8,11-14H2. The Morgan fingerprint density at radius 3 is 1.96 bits per heavy atom. The van der Waals surface area contributed by atoms with Gasteiger partial charge in [-0.25, -0.2) is 13.4 Å². The van der Waals surface area contributed by atoms with Gasteiger partial charge in [0, 0.05) is 32.4 Å². The van der Waals surface area contributed by atoms with Crippen LogP contribution in [-0.4, -0.2) is 43.9 Å². The van der Waals surface area contributed by atoms with E-state index < -0.39 is 10.0 Å². The summed E-state index contributed by atoms with van der Waals surface area (Å²) in [4.78, 5) is 7.07. The fourth-order valence-electron chi connectivity index (χ4n) is 3.44. The van der Waals surface area contributed by atoms with Crippen molar-refractivity contribution in [2.75, 3.05) is 31.1 Å². The molecule has 0 aromatic carbocycles. The summed E-state index contributed by atoms with van der Waals surface area (Å²) in [5.41, 5.74) is 0. The first kappa shape index (κ1) is 16.7. The summed E-state index contributed by atoms with van der Waals surface area (Å²) < 4.78 is 26.9. The van der Waals surface area contributed by atoms with Gasteiger partial charge in [0.25, 0.3) is 0 Å². The summed E-state index contributed by atoms with van der Waals surface area (Å²) >= 11 is 0. The minimum atomic E-state index is -3.37. The largest absolute Gasteiger partial charge is 0.357 e. The highest BCUT2D eigenvalue weighted by molar-refractivity contribution is 7.89. The van der Waals surface area contributed by atoms with Gasteiger partial charge in [-0.1, -0.05) is 25.7 Å². The Kier molecular flexibility index (Phi) is 5.54. The molecule has 0 amide bonds. The van der Waals surface area contributed by atoms with Crippen LogP contribution in [0.4, 0.5) is 5.82 Å². The monoisotopic (exact) mass is 337 g/mol. The highest BCUT2D eigenvalue weighted by Gasteiger charge is 2.26. The van der Waals surface area contributed by atoms with E-state index in [0.717, 1.165) is 38.2 Å². The molecule has 3 heterocycles. The molecule has 0 spiro atoms. The fraction of sp³-hybridized carbons (Fsp3) is 0.706. The number of piperidine rings is 1. The minimum absolute atomic E-state index is 0.329. The van der Waals surface area contributed by atoms with Gasteiger partial charge in [-0.15, -0.1) is 0 Å². The van der Waals surface area contributed by atoms with Crippen LogP contribution in [0.3, 0.4) is 0 Å². The topological polar surface area (TPSA) is 53.5 Å². The van der Waals surface area contributed by atoms with Crippen LogP contribution in [-0.2, 0) is 10.0 Å². The van der Waals surface area contributed by atoms with E-state index >= 15 is 0 Å². The van der Waals surface area contributed by atoms with Gasteiger partial charge >= 0.3 is 0 Å². The lowest BCUT2D eigenvalue weighted by molar-refractivity contribution is 0.346. The Balaban J connectivity index is 1.73. The normalized spacial score (nSPS) is 21.7. The van der Waals surface area contributed by atoms with Crippen molar-refractivity contribution in [3.8, 4) is 0 Å². The molecular formula is C17H27N3O2S. The van der Waals surface area contributed by atoms with E-state index in [1.165, 1.54) is 38.3 Å². The van der Waals surface area contributed by atoms with Gasteiger partial charge in [0.1, 0.15) is 10.7 Å². The van der Waals surface area contributed by atoms with Gasteiger partial charge < -0.3 is 4.90 Å². The third kappa shape index (κ3) is 4.04. The second-order valence-corrected chi connectivity index (χ2v) is 8.51. The fourth-order valence-corrected chi connectivity index (χ4v) is 4.91. The Hall–Kier alpha value is -1.14. The molecule has 1 aromatic rings. The van der Waals surface area contributed by atoms with Crippen molar-refractivity contribution in [2.45, 2.75) is 56.3 Å². The maximum Gasteiger partial charge on any atom is 0.244 e. The van der Waals surface area contributed by atoms with Crippen molar-refractivity contribution in [3.05, 3.63) is 18.3 Å². The first-order valence-electron chi connectivity index (χ1n) is 8.89. The van der Waals surface area contributed by atoms with Gasteiger partial charge in [-0.05, 0) is 37.8 Å². The first-order chi connectivity index (χ1) is 11.2. The SMILES string of the molecule is O=S(=O)(c1ccc(N2CCCCCCC2)nc1)N1CCCCC1. The Morgan fingerprint density at radius 1 is 0.783 bits per heavy atom. The zero-order chi connectivity index (χ0) is 16.1. The highest BCUT2D eigenvalue weighted by atomic mass is 32.2. The van der Waals surface area contributed by atoms with Crippen LogP contribution in [0.1, 0.15) is 51.4 Å². The lowest BCUT2D eigenvalue weighted by Gasteiger charge is -2.27. The molecular weight excluding hydrogens is 310 g/mol. The van der Waals surface area contributed by atoms with Gasteiger partial charge in [-0.2, -0.15) is 4.31 Å². The van der Waals surface area contributed by atoms with Crippen molar-refractivity contribution in [1.82, 2.24) is 9.29 Å². The Morgan fingerprint density at radius 2 is 1.35 bits per heavy atom. The molecule has 0 aliphatic carbocycles. The molecule has 128 valence electrons. The van der Waals surface area contributed by atoms with E-state index in [4.69, 9.17) is 0 Å². The molecule has 6 heteroatoms. The van der Waals surface area contributed by atoms with E-state index in [1.807, 2.05) is 6.07 Å². The minimum Gasteiger partial charge on any atom is -0.357 e. The van der Waals surface area contributed by atoms with Crippen LogP contribution in [0, 0.1) is 0 Å². The van der Waals surface area contributed by atoms with E-state index in [2.05, 4.69) is 9.88 Å². The average Bonchev–Trinajstić information content (AvgIpc) is 2.56. The third-order valence-corrected chi connectivity index (χ3v) is 6.74. The van der Waals surface area contributed by atoms with E-state index in [1.54, 1.807) is 10.4 Å². The summed E-state index contributed by atoms with van der Waals surface area (Å²) in [5.74, 6) is 0.907. The van der Waals surface area contributed by atoms with E-state index in [9.17, 15) is 8.42 Å². The molecule has 0 unspecified atom stereocenters. The van der Waals surface area contributed by atoms with Crippen LogP contribution >= 0.6 is 0 Å². The second-order valence-electron chi connectivity index (χ2n) is 6.57. The van der Waals surface area contributed by atoms with Crippen LogP contribution in [0.25, 0.3) is 0 Å². The second kappa shape index (κ2) is 7.62. The molecule has 0 N–H and O–H groups in total. The average molecular weight is 337 g/mol. The maximum atomic E-state index is 12.6. The smallest absolute Gasteiger partial charge is 0.244 e. The summed E-state index contributed by atoms with van der Waals surface area (Å²) in [7, 11) is -3.37. The summed E-state index contributed by atoms with van der Waals surface area (Å²) in [6, 6.07) is 3.60. The van der Waals surface area contributed by atoms with Crippen molar-refractivity contribution < 1.29 is 8.42 Å². The van der Waals surface area contributed by atoms with Crippen LogP contribution < -0.4 is 4.90 Å². The molecule has 2 aliphatic heterocycles. The number of sulfonamides is 1. The molecule has 1 aromatic heterocycles. The molecule has 2 fully saturated rings. The van der Waals surface area contributed by atoms with Crippen molar-refractivity contribution in [3.63, 3.8) is 0 Å². The molecule has 23 heavy (non-hydrogen) atoms. The number of hydrogen-bond donors (Lipinski definition) is 0. The summed E-state index contributed by atoms with van der Waals surface area (Å²) in [6.45, 7) is 3.31. The number of nitrogens with zero attached hydrogens (tertiary/aromatic N) is 3. The zero-order valence-electron chi connectivity index (χ0n) is 13.8. The number of anilines is 1. The summed E-state index contributed by atoms with van der Waals surface area (Å²) in [5, 5.41) is 0. The molecule has 0 saturated carbocycles. The quantitative estimate of drug-likeness (QED) is 0.851. The predicted molar refractivity (Wildman–Crippen MR) is 92.1 cm³/mol. The molecule has 0 atom stereocenters. The number of aromatic nitrogens is 1. The molecule has 0 radical (unpaired) electrons. The number of hydrogen-bond acceptors (Lipinski definition) is 4. The maximum absolute atomic E-state index is 12.6. The molecule has 2 saturated heterocycles. The first-order valence-corrected chi connectivity index (χ1v) is 10.3. The van der Waals surface area contributed by atoms with Crippen LogP contribution in [0.15, 0.2) is 23.2 Å². The van der Waals surface area contributed by atoms with Crippen LogP contribution in [0.2, 0.25) is 0 Å². The molecule has 0 bridgehead atoms. The van der Waals surface area contributed by atoms with Crippen molar-refractivity contribution in [2.24, 2.45) is 0 Å². The van der Waals surface area contributed by atoms with Gasteiger partial charge in [0.2, 0.25) is 10.0 Å². The van der Waals surface area contributed by atoms with Gasteiger partial charge in [-0.3, -0.25) is 0 Å². The Bertz CT molecular complexity index is 587. The number of rotatable bonds is 3. The third-order valence-electron chi connectivity index (χ3n) is 4.85. The van der Waals surface area contributed by atoms with Gasteiger partial charge in [0.05, 0.1) is 0 Å². The zero-order valence-corrected chi connectivity index (χ0v) is 14.6. The molecule has 2 aliphatic rings. The number of pyridine rings is 1. The van der Waals surface area contributed by atoms with E-state index in [-0.39, 0.29) is 0 Å². The lowest BCUT2D eigenvalue weighted by Crippen LogP contribution is -2.35. The van der Waals surface area contributed by atoms with Crippen LogP contribution in [0.5, 0.6) is 0 Å². The molecule has 5 nitrogen and oxygen atoms in total. The molecule has 3 rings (SSSR count). The predicted octanol–water partition coefficient (Wildman–Crippen LogP) is 3.03.